The molecule has 3 aromatic rings. The molecule has 0 saturated heterocycles. The van der Waals surface area contributed by atoms with Gasteiger partial charge in [0.15, 0.2) is 5.65 Å². The van der Waals surface area contributed by atoms with Gasteiger partial charge in [-0.1, -0.05) is 6.07 Å². The summed E-state index contributed by atoms with van der Waals surface area (Å²) >= 11 is 0. The van der Waals surface area contributed by atoms with Crippen molar-refractivity contribution in [1.82, 2.24) is 19.9 Å². The minimum atomic E-state index is -0.189. The number of carbonyl (C=O) groups excluding carboxylic acids is 2. The SMILES string of the molecule is CNC(=O)c1cccc(NC(=O)CCc2c(C)nc3cc(C)nn3c2C)c1. The van der Waals surface area contributed by atoms with Gasteiger partial charge >= 0.3 is 0 Å². The summed E-state index contributed by atoms with van der Waals surface area (Å²) in [5, 5.41) is 9.88. The van der Waals surface area contributed by atoms with Gasteiger partial charge in [-0.3, -0.25) is 9.59 Å². The van der Waals surface area contributed by atoms with Crippen molar-refractivity contribution in [2.24, 2.45) is 0 Å². The van der Waals surface area contributed by atoms with Crippen LogP contribution >= 0.6 is 0 Å². The number of hydrogen-bond acceptors (Lipinski definition) is 4. The molecule has 140 valence electrons. The van der Waals surface area contributed by atoms with Crippen molar-refractivity contribution in [2.75, 3.05) is 12.4 Å². The first-order chi connectivity index (χ1) is 12.9. The molecule has 2 heterocycles. The molecular formula is C20H23N5O2. The molecule has 0 aliphatic rings. The predicted molar refractivity (Wildman–Crippen MR) is 104 cm³/mol. The smallest absolute Gasteiger partial charge is 0.251 e. The molecule has 0 radical (unpaired) electrons. The molecule has 7 heteroatoms. The Labute approximate surface area is 157 Å². The van der Waals surface area contributed by atoms with Crippen LogP contribution in [0.3, 0.4) is 0 Å². The molecule has 0 bridgehead atoms. The van der Waals surface area contributed by atoms with Crippen LogP contribution in [0.1, 0.15) is 39.4 Å². The van der Waals surface area contributed by atoms with Gasteiger partial charge in [0.1, 0.15) is 0 Å². The Morgan fingerprint density at radius 3 is 2.67 bits per heavy atom. The molecule has 7 nitrogen and oxygen atoms in total. The molecule has 0 saturated carbocycles. The van der Waals surface area contributed by atoms with Crippen LogP contribution in [0.15, 0.2) is 30.3 Å². The minimum Gasteiger partial charge on any atom is -0.355 e. The summed E-state index contributed by atoms with van der Waals surface area (Å²) in [5.41, 5.74) is 5.78. The van der Waals surface area contributed by atoms with E-state index in [9.17, 15) is 9.59 Å². The highest BCUT2D eigenvalue weighted by atomic mass is 16.2. The quantitative estimate of drug-likeness (QED) is 0.727. The molecule has 27 heavy (non-hydrogen) atoms. The van der Waals surface area contributed by atoms with Crippen molar-refractivity contribution >= 4 is 23.1 Å². The molecule has 2 N–H and O–H groups in total. The zero-order valence-corrected chi connectivity index (χ0v) is 16.0. The van der Waals surface area contributed by atoms with Crippen molar-refractivity contribution in [2.45, 2.75) is 33.6 Å². The van der Waals surface area contributed by atoms with Crippen LogP contribution in [0.2, 0.25) is 0 Å². The minimum absolute atomic E-state index is 0.111. The van der Waals surface area contributed by atoms with Crippen molar-refractivity contribution in [1.29, 1.82) is 0 Å². The van der Waals surface area contributed by atoms with Gasteiger partial charge in [0.25, 0.3) is 5.91 Å². The summed E-state index contributed by atoms with van der Waals surface area (Å²) in [4.78, 5) is 28.7. The van der Waals surface area contributed by atoms with E-state index in [2.05, 4.69) is 20.7 Å². The lowest BCUT2D eigenvalue weighted by Gasteiger charge is -2.11. The molecule has 2 amide bonds. The van der Waals surface area contributed by atoms with E-state index in [4.69, 9.17) is 0 Å². The monoisotopic (exact) mass is 365 g/mol. The number of nitrogens with one attached hydrogen (secondary N) is 2. The maximum atomic E-state index is 12.4. The van der Waals surface area contributed by atoms with Gasteiger partial charge < -0.3 is 10.6 Å². The van der Waals surface area contributed by atoms with E-state index in [-0.39, 0.29) is 11.8 Å². The van der Waals surface area contributed by atoms with Crippen LogP contribution in [0.5, 0.6) is 0 Å². The number of carbonyl (C=O) groups is 2. The molecule has 0 atom stereocenters. The van der Waals surface area contributed by atoms with E-state index in [1.54, 1.807) is 31.3 Å². The highest BCUT2D eigenvalue weighted by Gasteiger charge is 2.13. The Kier molecular flexibility index (Phi) is 5.21. The molecule has 0 unspecified atom stereocenters. The van der Waals surface area contributed by atoms with Crippen molar-refractivity contribution in [3.63, 3.8) is 0 Å². The first-order valence-electron chi connectivity index (χ1n) is 8.83. The molecule has 3 rings (SSSR count). The van der Waals surface area contributed by atoms with E-state index in [1.807, 2.05) is 31.4 Å². The average Bonchev–Trinajstić information content (AvgIpc) is 3.01. The molecule has 0 aliphatic heterocycles. The molecule has 0 spiro atoms. The number of rotatable bonds is 5. The number of nitrogens with zero attached hydrogens (tertiary/aromatic N) is 3. The average molecular weight is 365 g/mol. The number of amides is 2. The molecule has 0 fully saturated rings. The highest BCUT2D eigenvalue weighted by molar-refractivity contribution is 5.97. The number of aromatic nitrogens is 3. The first-order valence-corrected chi connectivity index (χ1v) is 8.83. The summed E-state index contributed by atoms with van der Waals surface area (Å²) in [6.45, 7) is 5.88. The lowest BCUT2D eigenvalue weighted by molar-refractivity contribution is -0.116. The number of hydrogen-bond donors (Lipinski definition) is 2. The highest BCUT2D eigenvalue weighted by Crippen LogP contribution is 2.18. The number of aryl methyl sites for hydroxylation is 3. The van der Waals surface area contributed by atoms with Gasteiger partial charge in [-0.2, -0.15) is 5.10 Å². The first kappa shape index (κ1) is 18.6. The third-order valence-electron chi connectivity index (χ3n) is 4.52. The maximum absolute atomic E-state index is 12.4. The Hall–Kier alpha value is -3.22. The van der Waals surface area contributed by atoms with Crippen LogP contribution in [0.4, 0.5) is 5.69 Å². The summed E-state index contributed by atoms with van der Waals surface area (Å²) in [7, 11) is 1.57. The van der Waals surface area contributed by atoms with Gasteiger partial charge in [-0.05, 0) is 51.0 Å². The number of fused-ring (bicyclic) bond motifs is 1. The van der Waals surface area contributed by atoms with Gasteiger partial charge in [0.2, 0.25) is 5.91 Å². The lowest BCUT2D eigenvalue weighted by Crippen LogP contribution is -2.18. The molecule has 0 aliphatic carbocycles. The zero-order valence-electron chi connectivity index (χ0n) is 16.0. The summed E-state index contributed by atoms with van der Waals surface area (Å²) in [6.07, 6.45) is 0.889. The van der Waals surface area contributed by atoms with E-state index in [0.717, 1.165) is 28.3 Å². The summed E-state index contributed by atoms with van der Waals surface area (Å²) < 4.78 is 1.82. The van der Waals surface area contributed by atoms with Crippen LogP contribution in [-0.4, -0.2) is 33.5 Å². The van der Waals surface area contributed by atoms with Gasteiger partial charge in [-0.25, -0.2) is 9.50 Å². The largest absolute Gasteiger partial charge is 0.355 e. The fourth-order valence-electron chi connectivity index (χ4n) is 3.15. The zero-order chi connectivity index (χ0) is 19.6. The molecular weight excluding hydrogens is 342 g/mol. The fourth-order valence-corrected chi connectivity index (χ4v) is 3.15. The van der Waals surface area contributed by atoms with Crippen molar-refractivity contribution < 1.29 is 9.59 Å². The van der Waals surface area contributed by atoms with Gasteiger partial charge in [0, 0.05) is 42.2 Å². The topological polar surface area (TPSA) is 88.4 Å². The van der Waals surface area contributed by atoms with Crippen LogP contribution in [0, 0.1) is 20.8 Å². The maximum Gasteiger partial charge on any atom is 0.251 e. The second kappa shape index (κ2) is 7.57. The van der Waals surface area contributed by atoms with Crippen LogP contribution in [0.25, 0.3) is 5.65 Å². The van der Waals surface area contributed by atoms with E-state index >= 15 is 0 Å². The third-order valence-corrected chi connectivity index (χ3v) is 4.52. The Morgan fingerprint density at radius 1 is 1.15 bits per heavy atom. The van der Waals surface area contributed by atoms with E-state index in [0.29, 0.717) is 24.1 Å². The van der Waals surface area contributed by atoms with Crippen LogP contribution < -0.4 is 10.6 Å². The van der Waals surface area contributed by atoms with Crippen molar-refractivity contribution in [3.05, 3.63) is 58.5 Å². The van der Waals surface area contributed by atoms with Crippen molar-refractivity contribution in [3.8, 4) is 0 Å². The number of benzene rings is 1. The Morgan fingerprint density at radius 2 is 1.93 bits per heavy atom. The summed E-state index contributed by atoms with van der Waals surface area (Å²) in [6, 6.07) is 8.81. The van der Waals surface area contributed by atoms with E-state index in [1.165, 1.54) is 0 Å². The number of anilines is 1. The normalized spacial score (nSPS) is 10.8. The van der Waals surface area contributed by atoms with Gasteiger partial charge in [-0.15, -0.1) is 0 Å². The lowest BCUT2D eigenvalue weighted by atomic mass is 10.1. The van der Waals surface area contributed by atoms with Gasteiger partial charge in [0.05, 0.1) is 5.69 Å². The fraction of sp³-hybridized carbons (Fsp3) is 0.300. The predicted octanol–water partition coefficient (Wildman–Crippen LogP) is 2.59. The Bertz CT molecular complexity index is 1020. The Balaban J connectivity index is 1.71. The van der Waals surface area contributed by atoms with Crippen LogP contribution in [-0.2, 0) is 11.2 Å². The third kappa shape index (κ3) is 3.97. The standard InChI is InChI=1S/C20H23N5O2/c1-12-10-18-22-13(2)17(14(3)25(18)24-12)8-9-19(26)23-16-7-5-6-15(11-16)20(27)21-4/h5-7,10-11H,8-9H2,1-4H3,(H,21,27)(H,23,26). The summed E-state index contributed by atoms with van der Waals surface area (Å²) in [5.74, 6) is -0.300. The second-order valence-electron chi connectivity index (χ2n) is 6.53. The molecule has 2 aromatic heterocycles. The van der Waals surface area contributed by atoms with E-state index < -0.39 is 0 Å². The second-order valence-corrected chi connectivity index (χ2v) is 6.53. The molecule has 1 aromatic carbocycles.